The summed E-state index contributed by atoms with van der Waals surface area (Å²) in [7, 11) is 0. The maximum atomic E-state index is 11.9. The van der Waals surface area contributed by atoms with Gasteiger partial charge in [0.1, 0.15) is 0 Å². The van der Waals surface area contributed by atoms with Gasteiger partial charge in [-0.05, 0) is 51.5 Å². The van der Waals surface area contributed by atoms with Crippen molar-refractivity contribution in [1.82, 2.24) is 19.5 Å². The third-order valence-corrected chi connectivity index (χ3v) is 4.68. The van der Waals surface area contributed by atoms with Gasteiger partial charge in [-0.2, -0.15) is 9.97 Å². The topological polar surface area (TPSA) is 114 Å². The van der Waals surface area contributed by atoms with Gasteiger partial charge in [-0.1, -0.05) is 6.92 Å². The van der Waals surface area contributed by atoms with E-state index in [1.807, 2.05) is 11.5 Å². The van der Waals surface area contributed by atoms with E-state index in [0.29, 0.717) is 35.1 Å². The normalized spacial score (nSPS) is 12.2. The summed E-state index contributed by atoms with van der Waals surface area (Å²) in [6, 6.07) is 7.00. The minimum Gasteiger partial charge on any atom is -0.462 e. The molecule has 0 spiro atoms. The number of imidazole rings is 1. The number of aromatic nitrogens is 4. The van der Waals surface area contributed by atoms with Crippen LogP contribution in [0.15, 0.2) is 30.6 Å². The number of hydrogen-bond acceptors (Lipinski definition) is 8. The van der Waals surface area contributed by atoms with Crippen molar-refractivity contribution in [3.63, 3.8) is 0 Å². The summed E-state index contributed by atoms with van der Waals surface area (Å²) in [5, 5.41) is 16.0. The van der Waals surface area contributed by atoms with Gasteiger partial charge in [0.2, 0.25) is 5.95 Å². The van der Waals surface area contributed by atoms with E-state index in [1.54, 1.807) is 37.5 Å². The van der Waals surface area contributed by atoms with Crippen LogP contribution >= 0.6 is 0 Å². The van der Waals surface area contributed by atoms with E-state index in [0.717, 1.165) is 12.1 Å². The molecule has 2 aromatic heterocycles. The van der Waals surface area contributed by atoms with Crippen molar-refractivity contribution < 1.29 is 14.6 Å². The smallest absolute Gasteiger partial charge is 0.338 e. The standard InChI is InChI=1S/C21H28N6O3/c1-5-15(11-28)24-21-25-18(17-19(26-21)27(12-22-17)13(3)4)23-16-9-7-14(8-10-16)20(29)30-6-2/h7-10,12-13,15,28H,5-6,11H2,1-4H3,(H2,23,24,25,26)/t15-/m1/s1. The molecule has 0 bridgehead atoms. The third-order valence-electron chi connectivity index (χ3n) is 4.68. The van der Waals surface area contributed by atoms with Crippen molar-refractivity contribution in [3.05, 3.63) is 36.2 Å². The Kier molecular flexibility index (Phi) is 6.83. The number of nitrogens with one attached hydrogen (secondary N) is 2. The number of benzene rings is 1. The van der Waals surface area contributed by atoms with Gasteiger partial charge in [0.05, 0.1) is 31.1 Å². The lowest BCUT2D eigenvalue weighted by Gasteiger charge is -2.16. The molecule has 0 saturated heterocycles. The Morgan fingerprint density at radius 1 is 1.20 bits per heavy atom. The van der Waals surface area contributed by atoms with Gasteiger partial charge >= 0.3 is 5.97 Å². The molecule has 9 heteroatoms. The van der Waals surface area contributed by atoms with Crippen LogP contribution in [0.3, 0.4) is 0 Å². The molecule has 0 aliphatic carbocycles. The number of anilines is 3. The first-order chi connectivity index (χ1) is 14.5. The second-order valence-corrected chi connectivity index (χ2v) is 7.17. The van der Waals surface area contributed by atoms with Gasteiger partial charge in [-0.25, -0.2) is 9.78 Å². The molecule has 1 aromatic carbocycles. The SMILES string of the molecule is CCOC(=O)c1ccc(Nc2nc(N[C@H](CC)CO)nc3c2ncn3C(C)C)cc1. The van der Waals surface area contributed by atoms with Crippen LogP contribution in [0.2, 0.25) is 0 Å². The lowest BCUT2D eigenvalue weighted by atomic mass is 10.2. The average molecular weight is 412 g/mol. The Hall–Kier alpha value is -3.20. The van der Waals surface area contributed by atoms with E-state index in [4.69, 9.17) is 4.74 Å². The van der Waals surface area contributed by atoms with Crippen molar-refractivity contribution in [2.24, 2.45) is 0 Å². The lowest BCUT2D eigenvalue weighted by molar-refractivity contribution is 0.0526. The summed E-state index contributed by atoms with van der Waals surface area (Å²) < 4.78 is 6.99. The number of nitrogens with zero attached hydrogens (tertiary/aromatic N) is 4. The molecule has 0 amide bonds. The van der Waals surface area contributed by atoms with Crippen LogP contribution in [0.1, 0.15) is 50.5 Å². The van der Waals surface area contributed by atoms with Gasteiger partial charge in [-0.15, -0.1) is 0 Å². The van der Waals surface area contributed by atoms with Crippen LogP contribution in [-0.4, -0.2) is 49.9 Å². The van der Waals surface area contributed by atoms with Crippen molar-refractivity contribution in [2.75, 3.05) is 23.8 Å². The predicted molar refractivity (Wildman–Crippen MR) is 116 cm³/mol. The molecule has 0 saturated carbocycles. The minimum absolute atomic E-state index is 0.0145. The van der Waals surface area contributed by atoms with Crippen LogP contribution < -0.4 is 10.6 Å². The van der Waals surface area contributed by atoms with Crippen molar-refractivity contribution in [2.45, 2.75) is 46.2 Å². The quantitative estimate of drug-likeness (QED) is 0.458. The van der Waals surface area contributed by atoms with Crippen molar-refractivity contribution in [1.29, 1.82) is 0 Å². The molecule has 3 N–H and O–H groups in total. The molecule has 2 heterocycles. The summed E-state index contributed by atoms with van der Waals surface area (Å²) >= 11 is 0. The largest absolute Gasteiger partial charge is 0.462 e. The Bertz CT molecular complexity index is 996. The van der Waals surface area contributed by atoms with E-state index in [9.17, 15) is 9.90 Å². The van der Waals surface area contributed by atoms with Gasteiger partial charge in [0, 0.05) is 11.7 Å². The molecule has 0 aliphatic rings. The highest BCUT2D eigenvalue weighted by molar-refractivity contribution is 5.90. The minimum atomic E-state index is -0.356. The third kappa shape index (κ3) is 4.68. The fourth-order valence-corrected chi connectivity index (χ4v) is 2.95. The van der Waals surface area contributed by atoms with E-state index >= 15 is 0 Å². The first-order valence-electron chi connectivity index (χ1n) is 10.1. The summed E-state index contributed by atoms with van der Waals surface area (Å²) in [5.74, 6) is 0.597. The van der Waals surface area contributed by atoms with Gasteiger partial charge in [-0.3, -0.25) is 0 Å². The number of ether oxygens (including phenoxy) is 1. The highest BCUT2D eigenvalue weighted by atomic mass is 16.5. The molecule has 9 nitrogen and oxygen atoms in total. The van der Waals surface area contributed by atoms with Crippen LogP contribution in [0.25, 0.3) is 11.2 Å². The van der Waals surface area contributed by atoms with Gasteiger partial charge in [0.25, 0.3) is 0 Å². The van der Waals surface area contributed by atoms with E-state index in [-0.39, 0.29) is 24.7 Å². The molecular weight excluding hydrogens is 384 g/mol. The molecule has 160 valence electrons. The monoisotopic (exact) mass is 412 g/mol. The van der Waals surface area contributed by atoms with Crippen LogP contribution in [0, 0.1) is 0 Å². The molecular formula is C21H28N6O3. The summed E-state index contributed by atoms with van der Waals surface area (Å²) in [5.41, 5.74) is 2.57. The number of hydrogen-bond donors (Lipinski definition) is 3. The van der Waals surface area contributed by atoms with E-state index in [2.05, 4.69) is 39.4 Å². The second-order valence-electron chi connectivity index (χ2n) is 7.17. The Morgan fingerprint density at radius 2 is 1.93 bits per heavy atom. The molecule has 0 fully saturated rings. The summed E-state index contributed by atoms with van der Waals surface area (Å²) in [4.78, 5) is 25.5. The molecule has 30 heavy (non-hydrogen) atoms. The number of aliphatic hydroxyl groups excluding tert-OH is 1. The summed E-state index contributed by atoms with van der Waals surface area (Å²) in [6.07, 6.45) is 2.48. The van der Waals surface area contributed by atoms with Gasteiger partial charge < -0.3 is 25.0 Å². The predicted octanol–water partition coefficient (Wildman–Crippen LogP) is 3.51. The zero-order chi connectivity index (χ0) is 21.7. The van der Waals surface area contributed by atoms with Gasteiger partial charge in [0.15, 0.2) is 17.0 Å². The van der Waals surface area contributed by atoms with Crippen LogP contribution in [0.4, 0.5) is 17.5 Å². The molecule has 3 aromatic rings. The first-order valence-corrected chi connectivity index (χ1v) is 10.1. The maximum Gasteiger partial charge on any atom is 0.338 e. The number of carbonyl (C=O) groups is 1. The molecule has 0 unspecified atom stereocenters. The van der Waals surface area contributed by atoms with Crippen molar-refractivity contribution in [3.8, 4) is 0 Å². The molecule has 3 rings (SSSR count). The fraction of sp³-hybridized carbons (Fsp3) is 0.429. The average Bonchev–Trinajstić information content (AvgIpc) is 3.17. The van der Waals surface area contributed by atoms with Crippen LogP contribution in [0.5, 0.6) is 0 Å². The second kappa shape index (κ2) is 9.53. The maximum absolute atomic E-state index is 11.9. The van der Waals surface area contributed by atoms with Crippen LogP contribution in [-0.2, 0) is 4.74 Å². The highest BCUT2D eigenvalue weighted by Crippen LogP contribution is 2.26. The highest BCUT2D eigenvalue weighted by Gasteiger charge is 2.17. The number of esters is 1. The number of fused-ring (bicyclic) bond motifs is 1. The Labute approximate surface area is 175 Å². The Balaban J connectivity index is 1.96. The molecule has 1 atom stereocenters. The van der Waals surface area contributed by atoms with E-state index < -0.39 is 0 Å². The molecule has 0 aliphatic heterocycles. The van der Waals surface area contributed by atoms with Crippen molar-refractivity contribution >= 4 is 34.6 Å². The number of aliphatic hydroxyl groups is 1. The lowest BCUT2D eigenvalue weighted by Crippen LogP contribution is -2.24. The number of carbonyl (C=O) groups excluding carboxylic acids is 1. The number of rotatable bonds is 9. The molecule has 0 radical (unpaired) electrons. The first kappa shape index (κ1) is 21.5. The fourth-order valence-electron chi connectivity index (χ4n) is 2.95. The van der Waals surface area contributed by atoms with E-state index in [1.165, 1.54) is 0 Å². The zero-order valence-electron chi connectivity index (χ0n) is 17.7. The zero-order valence-corrected chi connectivity index (χ0v) is 17.7. The Morgan fingerprint density at radius 3 is 2.53 bits per heavy atom. The summed E-state index contributed by atoms with van der Waals surface area (Å²) in [6.45, 7) is 8.18.